The van der Waals surface area contributed by atoms with Gasteiger partial charge in [-0.1, -0.05) is 24.8 Å². The van der Waals surface area contributed by atoms with Gasteiger partial charge in [0.2, 0.25) is 0 Å². The Morgan fingerprint density at radius 2 is 2.14 bits per heavy atom. The molecule has 0 aliphatic carbocycles. The van der Waals surface area contributed by atoms with Crippen LogP contribution in [-0.2, 0) is 0 Å². The van der Waals surface area contributed by atoms with Gasteiger partial charge in [-0.25, -0.2) is 4.79 Å². The lowest BCUT2D eigenvalue weighted by Gasteiger charge is -2.11. The van der Waals surface area contributed by atoms with E-state index in [9.17, 15) is 4.79 Å². The minimum absolute atomic E-state index is 0.256. The third-order valence-electron chi connectivity index (χ3n) is 3.39. The number of anilines is 1. The summed E-state index contributed by atoms with van der Waals surface area (Å²) in [5.41, 5.74) is 3.06. The van der Waals surface area contributed by atoms with E-state index in [0.717, 1.165) is 34.0 Å². The van der Waals surface area contributed by atoms with Crippen molar-refractivity contribution in [2.75, 3.05) is 11.9 Å². The minimum Gasteiger partial charge on any atom is -0.478 e. The van der Waals surface area contributed by atoms with Crippen molar-refractivity contribution < 1.29 is 9.90 Å². The molecular weight excluding hydrogens is 296 g/mol. The van der Waals surface area contributed by atoms with E-state index in [1.807, 2.05) is 24.4 Å². The Balaban J connectivity index is 2.02. The second kappa shape index (κ2) is 6.23. The Hall–Kier alpha value is -2.27. The molecule has 1 heterocycles. The lowest BCUT2D eigenvalue weighted by atomic mass is 10.2. The van der Waals surface area contributed by atoms with Gasteiger partial charge < -0.3 is 10.4 Å². The van der Waals surface area contributed by atoms with Crippen molar-refractivity contribution in [3.63, 3.8) is 0 Å². The predicted molar refractivity (Wildman–Crippen MR) is 90.0 cm³/mol. The number of aliphatic imine (C=N–C) groups is 1. The number of nitrogens with one attached hydrogen (secondary N) is 1. The van der Waals surface area contributed by atoms with E-state index in [1.54, 1.807) is 23.9 Å². The summed E-state index contributed by atoms with van der Waals surface area (Å²) < 4.78 is 0. The molecule has 0 fully saturated rings. The van der Waals surface area contributed by atoms with Crippen LogP contribution in [0, 0.1) is 0 Å². The second-order valence-corrected chi connectivity index (χ2v) is 6.08. The van der Waals surface area contributed by atoms with E-state index in [1.165, 1.54) is 0 Å². The van der Waals surface area contributed by atoms with Crippen molar-refractivity contribution >= 4 is 35.3 Å². The Bertz CT molecular complexity index is 756. The molecule has 0 saturated carbocycles. The first-order valence-electron chi connectivity index (χ1n) is 7.15. The van der Waals surface area contributed by atoms with E-state index < -0.39 is 5.97 Å². The van der Waals surface area contributed by atoms with E-state index in [-0.39, 0.29) is 5.56 Å². The summed E-state index contributed by atoms with van der Waals surface area (Å²) in [7, 11) is 0. The highest BCUT2D eigenvalue weighted by Gasteiger charge is 2.15. The summed E-state index contributed by atoms with van der Waals surface area (Å²) in [6.07, 6.45) is 2.87. The summed E-state index contributed by atoms with van der Waals surface area (Å²) in [5.74, 6) is -0.935. The molecule has 2 aromatic carbocycles. The van der Waals surface area contributed by atoms with Gasteiger partial charge in [-0.05, 0) is 36.8 Å². The molecule has 3 rings (SSSR count). The van der Waals surface area contributed by atoms with Crippen molar-refractivity contribution in [3.8, 4) is 0 Å². The maximum absolute atomic E-state index is 11.1. The average molecular weight is 312 g/mol. The van der Waals surface area contributed by atoms with Crippen LogP contribution in [0.2, 0.25) is 0 Å². The largest absolute Gasteiger partial charge is 0.478 e. The summed E-state index contributed by atoms with van der Waals surface area (Å²) in [6.45, 7) is 3.03. The first-order chi connectivity index (χ1) is 10.7. The van der Waals surface area contributed by atoms with E-state index in [0.29, 0.717) is 5.69 Å². The Kier molecular flexibility index (Phi) is 4.15. The lowest BCUT2D eigenvalue weighted by Crippen LogP contribution is -2.03. The maximum Gasteiger partial charge on any atom is 0.335 e. The highest BCUT2D eigenvalue weighted by Crippen LogP contribution is 2.41. The van der Waals surface area contributed by atoms with E-state index >= 15 is 0 Å². The maximum atomic E-state index is 11.1. The van der Waals surface area contributed by atoms with Crippen molar-refractivity contribution in [3.05, 3.63) is 47.5 Å². The zero-order valence-electron chi connectivity index (χ0n) is 12.2. The van der Waals surface area contributed by atoms with Crippen LogP contribution in [0.4, 0.5) is 11.4 Å². The van der Waals surface area contributed by atoms with E-state index in [2.05, 4.69) is 23.3 Å². The van der Waals surface area contributed by atoms with Gasteiger partial charge in [-0.2, -0.15) is 0 Å². The topological polar surface area (TPSA) is 61.7 Å². The molecule has 0 atom stereocenters. The predicted octanol–water partition coefficient (Wildman–Crippen LogP) is 4.42. The highest BCUT2D eigenvalue weighted by atomic mass is 32.2. The molecule has 0 amide bonds. The number of hydrogen-bond donors (Lipinski definition) is 2. The SMILES string of the molecule is CCCNc1cccc2c1C=Nc1cc(C(=O)O)ccc1S2. The van der Waals surface area contributed by atoms with Gasteiger partial charge in [0.15, 0.2) is 0 Å². The number of carbonyl (C=O) groups is 1. The molecule has 0 radical (unpaired) electrons. The van der Waals surface area contributed by atoms with Crippen LogP contribution in [-0.4, -0.2) is 23.8 Å². The van der Waals surface area contributed by atoms with Gasteiger partial charge >= 0.3 is 5.97 Å². The average Bonchev–Trinajstić information content (AvgIpc) is 2.71. The van der Waals surface area contributed by atoms with Gasteiger partial charge in [0, 0.05) is 33.8 Å². The zero-order valence-corrected chi connectivity index (χ0v) is 13.0. The molecule has 0 saturated heterocycles. The van der Waals surface area contributed by atoms with Gasteiger partial charge in [0.05, 0.1) is 11.3 Å². The molecular formula is C17H16N2O2S. The fourth-order valence-electron chi connectivity index (χ4n) is 2.27. The molecule has 0 bridgehead atoms. The molecule has 112 valence electrons. The third-order valence-corrected chi connectivity index (χ3v) is 4.53. The minimum atomic E-state index is -0.935. The zero-order chi connectivity index (χ0) is 15.5. The molecule has 0 spiro atoms. The van der Waals surface area contributed by atoms with E-state index in [4.69, 9.17) is 5.11 Å². The summed E-state index contributed by atoms with van der Waals surface area (Å²) in [4.78, 5) is 17.7. The van der Waals surface area contributed by atoms with Crippen molar-refractivity contribution in [1.29, 1.82) is 0 Å². The normalized spacial score (nSPS) is 12.2. The van der Waals surface area contributed by atoms with Crippen LogP contribution < -0.4 is 5.32 Å². The molecule has 0 aromatic heterocycles. The molecule has 0 unspecified atom stereocenters. The lowest BCUT2D eigenvalue weighted by molar-refractivity contribution is 0.0697. The van der Waals surface area contributed by atoms with Crippen LogP contribution >= 0.6 is 11.8 Å². The first kappa shape index (κ1) is 14.7. The van der Waals surface area contributed by atoms with Crippen molar-refractivity contribution in [2.24, 2.45) is 4.99 Å². The summed E-state index contributed by atoms with van der Waals surface area (Å²) in [6, 6.07) is 11.2. The quantitative estimate of drug-likeness (QED) is 0.748. The Labute approximate surface area is 133 Å². The van der Waals surface area contributed by atoms with Gasteiger partial charge in [0.25, 0.3) is 0 Å². The number of carboxylic acid groups (broad SMARTS) is 1. The van der Waals surface area contributed by atoms with Crippen LogP contribution in [0.3, 0.4) is 0 Å². The molecule has 2 N–H and O–H groups in total. The van der Waals surface area contributed by atoms with Crippen LogP contribution in [0.25, 0.3) is 0 Å². The number of aromatic carboxylic acids is 1. The number of hydrogen-bond acceptors (Lipinski definition) is 4. The van der Waals surface area contributed by atoms with Crippen LogP contribution in [0.5, 0.6) is 0 Å². The molecule has 22 heavy (non-hydrogen) atoms. The number of fused-ring (bicyclic) bond motifs is 2. The molecule has 5 heteroatoms. The Morgan fingerprint density at radius 3 is 2.91 bits per heavy atom. The van der Waals surface area contributed by atoms with Crippen molar-refractivity contribution in [1.82, 2.24) is 0 Å². The molecule has 1 aliphatic heterocycles. The number of benzene rings is 2. The van der Waals surface area contributed by atoms with Crippen LogP contribution in [0.15, 0.2) is 51.2 Å². The van der Waals surface area contributed by atoms with Gasteiger partial charge in [-0.15, -0.1) is 0 Å². The fourth-order valence-corrected chi connectivity index (χ4v) is 3.28. The molecule has 2 aromatic rings. The standard InChI is InChI=1S/C17H16N2O2S/c1-2-8-18-13-4-3-5-15-12(13)10-19-14-9-11(17(20)21)6-7-16(14)22-15/h3-7,9-10,18H,2,8H2,1H3,(H,20,21). The number of carboxylic acids is 1. The fraction of sp³-hybridized carbons (Fsp3) is 0.176. The molecule has 4 nitrogen and oxygen atoms in total. The summed E-state index contributed by atoms with van der Waals surface area (Å²) in [5, 5.41) is 12.5. The third kappa shape index (κ3) is 2.85. The smallest absolute Gasteiger partial charge is 0.335 e. The molecule has 1 aliphatic rings. The second-order valence-electron chi connectivity index (χ2n) is 4.99. The van der Waals surface area contributed by atoms with Crippen molar-refractivity contribution in [2.45, 2.75) is 23.1 Å². The monoisotopic (exact) mass is 312 g/mol. The van der Waals surface area contributed by atoms with Gasteiger partial charge in [-0.3, -0.25) is 4.99 Å². The number of rotatable bonds is 4. The van der Waals surface area contributed by atoms with Crippen LogP contribution in [0.1, 0.15) is 29.3 Å². The number of nitrogens with zero attached hydrogens (tertiary/aromatic N) is 1. The summed E-state index contributed by atoms with van der Waals surface area (Å²) >= 11 is 1.61. The highest BCUT2D eigenvalue weighted by molar-refractivity contribution is 7.99. The van der Waals surface area contributed by atoms with Gasteiger partial charge in [0.1, 0.15) is 0 Å². The first-order valence-corrected chi connectivity index (χ1v) is 7.97. The Morgan fingerprint density at radius 1 is 1.27 bits per heavy atom.